The first kappa shape index (κ1) is 13.6. The molecule has 19 heavy (non-hydrogen) atoms. The van der Waals surface area contributed by atoms with E-state index >= 15 is 0 Å². The smallest absolute Gasteiger partial charge is 0.128 e. The van der Waals surface area contributed by atoms with E-state index in [-0.39, 0.29) is 11.9 Å². The van der Waals surface area contributed by atoms with E-state index in [1.165, 1.54) is 6.07 Å². The van der Waals surface area contributed by atoms with Gasteiger partial charge in [-0.15, -0.1) is 0 Å². The van der Waals surface area contributed by atoms with Gasteiger partial charge in [0.25, 0.3) is 0 Å². The highest BCUT2D eigenvalue weighted by Crippen LogP contribution is 2.26. The summed E-state index contributed by atoms with van der Waals surface area (Å²) in [6.07, 6.45) is 0. The van der Waals surface area contributed by atoms with Gasteiger partial charge in [0.15, 0.2) is 0 Å². The Hall–Kier alpha value is -1.87. The van der Waals surface area contributed by atoms with Crippen LogP contribution in [0, 0.1) is 5.82 Å². The van der Waals surface area contributed by atoms with Gasteiger partial charge >= 0.3 is 0 Å². The van der Waals surface area contributed by atoms with E-state index in [9.17, 15) is 4.39 Å². The van der Waals surface area contributed by atoms with Gasteiger partial charge in [0.2, 0.25) is 0 Å². The van der Waals surface area contributed by atoms with E-state index in [0.717, 1.165) is 11.3 Å². The van der Waals surface area contributed by atoms with Crippen molar-refractivity contribution in [2.75, 3.05) is 13.7 Å². The van der Waals surface area contributed by atoms with Crippen molar-refractivity contribution in [3.63, 3.8) is 0 Å². The van der Waals surface area contributed by atoms with Crippen LogP contribution in [0.1, 0.15) is 24.1 Å². The van der Waals surface area contributed by atoms with Crippen LogP contribution < -0.4 is 10.1 Å². The average molecular weight is 259 g/mol. The fourth-order valence-corrected chi connectivity index (χ4v) is 2.16. The van der Waals surface area contributed by atoms with Crippen molar-refractivity contribution in [1.29, 1.82) is 0 Å². The molecule has 0 aromatic heterocycles. The van der Waals surface area contributed by atoms with Gasteiger partial charge in [-0.2, -0.15) is 0 Å². The highest BCUT2D eigenvalue weighted by Gasteiger charge is 2.16. The molecule has 1 unspecified atom stereocenters. The van der Waals surface area contributed by atoms with Gasteiger partial charge in [-0.25, -0.2) is 4.39 Å². The SMILES string of the molecule is CCOc1cccc(C(NC)c2ccccc2F)c1. The summed E-state index contributed by atoms with van der Waals surface area (Å²) in [5.74, 6) is 0.597. The van der Waals surface area contributed by atoms with Crippen LogP contribution in [-0.4, -0.2) is 13.7 Å². The summed E-state index contributed by atoms with van der Waals surface area (Å²) in [7, 11) is 1.82. The molecule has 3 heteroatoms. The number of ether oxygens (including phenoxy) is 1. The maximum absolute atomic E-state index is 13.9. The lowest BCUT2D eigenvalue weighted by Crippen LogP contribution is -2.18. The largest absolute Gasteiger partial charge is 0.494 e. The van der Waals surface area contributed by atoms with Crippen LogP contribution in [0.15, 0.2) is 48.5 Å². The number of benzene rings is 2. The Labute approximate surface area is 113 Å². The van der Waals surface area contributed by atoms with Crippen molar-refractivity contribution in [2.24, 2.45) is 0 Å². The Morgan fingerprint density at radius 3 is 2.63 bits per heavy atom. The van der Waals surface area contributed by atoms with Crippen molar-refractivity contribution in [2.45, 2.75) is 13.0 Å². The maximum atomic E-state index is 13.9. The Morgan fingerprint density at radius 2 is 1.95 bits per heavy atom. The second-order valence-electron chi connectivity index (χ2n) is 4.25. The minimum atomic E-state index is -0.205. The summed E-state index contributed by atoms with van der Waals surface area (Å²) < 4.78 is 19.4. The van der Waals surface area contributed by atoms with Crippen molar-refractivity contribution in [3.8, 4) is 5.75 Å². The van der Waals surface area contributed by atoms with Crippen LogP contribution in [0.2, 0.25) is 0 Å². The average Bonchev–Trinajstić information content (AvgIpc) is 2.43. The van der Waals surface area contributed by atoms with Crippen LogP contribution in [0.25, 0.3) is 0 Å². The van der Waals surface area contributed by atoms with Crippen LogP contribution >= 0.6 is 0 Å². The lowest BCUT2D eigenvalue weighted by atomic mass is 9.98. The van der Waals surface area contributed by atoms with Gasteiger partial charge in [0, 0.05) is 5.56 Å². The standard InChI is InChI=1S/C16H18FNO/c1-3-19-13-8-6-7-12(11-13)16(18-2)14-9-4-5-10-15(14)17/h4-11,16,18H,3H2,1-2H3. The molecule has 0 radical (unpaired) electrons. The number of hydrogen-bond acceptors (Lipinski definition) is 2. The first-order valence-electron chi connectivity index (χ1n) is 6.40. The molecule has 100 valence electrons. The second kappa shape index (κ2) is 6.34. The Kier molecular flexibility index (Phi) is 4.53. The lowest BCUT2D eigenvalue weighted by Gasteiger charge is -2.18. The van der Waals surface area contributed by atoms with Crippen LogP contribution in [0.4, 0.5) is 4.39 Å². The summed E-state index contributed by atoms with van der Waals surface area (Å²) in [6.45, 7) is 2.56. The predicted molar refractivity (Wildman–Crippen MR) is 74.9 cm³/mol. The van der Waals surface area contributed by atoms with E-state index in [1.54, 1.807) is 12.1 Å². The van der Waals surface area contributed by atoms with Crippen LogP contribution in [-0.2, 0) is 0 Å². The van der Waals surface area contributed by atoms with Crippen molar-refractivity contribution >= 4 is 0 Å². The molecule has 0 amide bonds. The van der Waals surface area contributed by atoms with E-state index in [4.69, 9.17) is 4.74 Å². The summed E-state index contributed by atoms with van der Waals surface area (Å²) >= 11 is 0. The molecule has 0 aliphatic rings. The molecule has 1 atom stereocenters. The quantitative estimate of drug-likeness (QED) is 0.887. The Balaban J connectivity index is 2.37. The zero-order chi connectivity index (χ0) is 13.7. The molecule has 0 aliphatic carbocycles. The minimum absolute atomic E-state index is 0.179. The van der Waals surface area contributed by atoms with Gasteiger partial charge in [0.1, 0.15) is 11.6 Å². The fourth-order valence-electron chi connectivity index (χ4n) is 2.16. The normalized spacial score (nSPS) is 12.2. The zero-order valence-electron chi connectivity index (χ0n) is 11.2. The molecule has 0 saturated carbocycles. The van der Waals surface area contributed by atoms with Crippen molar-refractivity contribution in [1.82, 2.24) is 5.32 Å². The van der Waals surface area contributed by atoms with Gasteiger partial charge in [-0.1, -0.05) is 30.3 Å². The maximum Gasteiger partial charge on any atom is 0.128 e. The molecule has 0 fully saturated rings. The summed E-state index contributed by atoms with van der Waals surface area (Å²) in [4.78, 5) is 0. The third kappa shape index (κ3) is 3.12. The van der Waals surface area contributed by atoms with Gasteiger partial charge in [0.05, 0.1) is 12.6 Å². The topological polar surface area (TPSA) is 21.3 Å². The Morgan fingerprint density at radius 1 is 1.16 bits per heavy atom. The molecule has 2 nitrogen and oxygen atoms in total. The first-order valence-corrected chi connectivity index (χ1v) is 6.40. The zero-order valence-corrected chi connectivity index (χ0v) is 11.2. The first-order chi connectivity index (χ1) is 9.26. The third-order valence-electron chi connectivity index (χ3n) is 3.01. The minimum Gasteiger partial charge on any atom is -0.494 e. The molecule has 0 spiro atoms. The molecule has 0 bridgehead atoms. The van der Waals surface area contributed by atoms with Crippen molar-refractivity contribution < 1.29 is 9.13 Å². The van der Waals surface area contributed by atoms with E-state index in [1.807, 2.05) is 44.3 Å². The molecule has 0 heterocycles. The molecular weight excluding hydrogens is 241 g/mol. The van der Waals surface area contributed by atoms with E-state index in [0.29, 0.717) is 12.2 Å². The van der Waals surface area contributed by atoms with Crippen LogP contribution in [0.5, 0.6) is 5.75 Å². The molecule has 2 aromatic rings. The number of hydrogen-bond donors (Lipinski definition) is 1. The predicted octanol–water partition coefficient (Wildman–Crippen LogP) is 3.53. The highest BCUT2D eigenvalue weighted by atomic mass is 19.1. The second-order valence-corrected chi connectivity index (χ2v) is 4.25. The van der Waals surface area contributed by atoms with Crippen LogP contribution in [0.3, 0.4) is 0 Å². The molecule has 2 aromatic carbocycles. The molecule has 1 N–H and O–H groups in total. The van der Waals surface area contributed by atoms with Gasteiger partial charge in [-0.05, 0) is 37.7 Å². The highest BCUT2D eigenvalue weighted by molar-refractivity contribution is 5.37. The molecule has 2 rings (SSSR count). The molecular formula is C16H18FNO. The monoisotopic (exact) mass is 259 g/mol. The van der Waals surface area contributed by atoms with Crippen molar-refractivity contribution in [3.05, 3.63) is 65.5 Å². The van der Waals surface area contributed by atoms with E-state index in [2.05, 4.69) is 5.32 Å². The number of nitrogens with one attached hydrogen (secondary N) is 1. The van der Waals surface area contributed by atoms with Gasteiger partial charge in [-0.3, -0.25) is 0 Å². The number of halogens is 1. The van der Waals surface area contributed by atoms with Gasteiger partial charge < -0.3 is 10.1 Å². The molecule has 0 saturated heterocycles. The third-order valence-corrected chi connectivity index (χ3v) is 3.01. The fraction of sp³-hybridized carbons (Fsp3) is 0.250. The number of rotatable bonds is 5. The summed E-state index contributed by atoms with van der Waals surface area (Å²) in [5.41, 5.74) is 1.62. The van der Waals surface area contributed by atoms with E-state index < -0.39 is 0 Å². The summed E-state index contributed by atoms with van der Waals surface area (Å²) in [5, 5.41) is 3.15. The lowest BCUT2D eigenvalue weighted by molar-refractivity contribution is 0.339. The summed E-state index contributed by atoms with van der Waals surface area (Å²) in [6, 6.07) is 14.4. The molecule has 0 aliphatic heterocycles. The Bertz CT molecular complexity index is 542.